The third kappa shape index (κ3) is 7.98. The predicted molar refractivity (Wildman–Crippen MR) is 79.1 cm³/mol. The average molecular weight is 270 g/mol. The maximum atomic E-state index is 12.1. The Balaban J connectivity index is 4.26. The molecule has 0 aromatic heterocycles. The highest BCUT2D eigenvalue weighted by Crippen LogP contribution is 2.18. The van der Waals surface area contributed by atoms with E-state index in [0.29, 0.717) is 12.8 Å². The molecule has 0 aromatic carbocycles. The van der Waals surface area contributed by atoms with Crippen LogP contribution in [0.1, 0.15) is 53.4 Å². The molecule has 0 unspecified atom stereocenters. The Labute approximate surface area is 117 Å². The van der Waals surface area contributed by atoms with E-state index in [9.17, 15) is 9.59 Å². The second-order valence-electron chi connectivity index (χ2n) is 6.01. The highest BCUT2D eigenvalue weighted by atomic mass is 16.2. The molecule has 0 aromatic rings. The van der Waals surface area contributed by atoms with E-state index in [1.54, 1.807) is 0 Å². The minimum atomic E-state index is -0.348. The van der Waals surface area contributed by atoms with Crippen molar-refractivity contribution in [2.24, 2.45) is 5.41 Å². The van der Waals surface area contributed by atoms with E-state index in [-0.39, 0.29) is 17.1 Å². The van der Waals surface area contributed by atoms with Crippen molar-refractivity contribution < 1.29 is 9.59 Å². The Hall–Kier alpha value is -0.900. The largest absolute Gasteiger partial charge is 0.341 e. The number of likely N-dealkylation sites (N-methyl/N-ethyl adjacent to an activating group) is 1. The molecule has 0 aliphatic carbocycles. The molecule has 0 spiro atoms. The van der Waals surface area contributed by atoms with Crippen LogP contribution in [0.25, 0.3) is 0 Å². The van der Waals surface area contributed by atoms with E-state index in [4.69, 9.17) is 0 Å². The minimum Gasteiger partial charge on any atom is -0.341 e. The van der Waals surface area contributed by atoms with Crippen LogP contribution < -0.4 is 5.32 Å². The van der Waals surface area contributed by atoms with Crippen LogP contribution in [0, 0.1) is 5.41 Å². The van der Waals surface area contributed by atoms with Gasteiger partial charge in [-0.3, -0.25) is 9.59 Å². The van der Waals surface area contributed by atoms with Crippen molar-refractivity contribution in [3.05, 3.63) is 0 Å². The lowest BCUT2D eigenvalue weighted by Crippen LogP contribution is -2.37. The lowest BCUT2D eigenvalue weighted by atomic mass is 9.88. The molecule has 4 nitrogen and oxygen atoms in total. The number of hydrogen-bond donors (Lipinski definition) is 1. The number of nitrogens with one attached hydrogen (secondary N) is 1. The van der Waals surface area contributed by atoms with E-state index in [1.807, 2.05) is 32.7 Å². The minimum absolute atomic E-state index is 0.0984. The van der Waals surface area contributed by atoms with E-state index >= 15 is 0 Å². The van der Waals surface area contributed by atoms with Crippen molar-refractivity contribution in [3.63, 3.8) is 0 Å². The van der Waals surface area contributed by atoms with Crippen molar-refractivity contribution in [2.45, 2.75) is 53.4 Å². The molecule has 1 amide bonds. The number of carbonyl (C=O) groups is 2. The quantitative estimate of drug-likeness (QED) is 0.699. The van der Waals surface area contributed by atoms with Gasteiger partial charge in [0.25, 0.3) is 0 Å². The molecular weight excluding hydrogens is 240 g/mol. The Morgan fingerprint density at radius 1 is 1.11 bits per heavy atom. The zero-order valence-corrected chi connectivity index (χ0v) is 13.2. The van der Waals surface area contributed by atoms with Crippen molar-refractivity contribution >= 4 is 11.7 Å². The number of amides is 1. The summed E-state index contributed by atoms with van der Waals surface area (Å²) in [6, 6.07) is 0. The van der Waals surface area contributed by atoms with Gasteiger partial charge in [0.1, 0.15) is 5.78 Å². The maximum absolute atomic E-state index is 12.1. The molecule has 0 atom stereocenters. The molecule has 1 N–H and O–H groups in total. The summed E-state index contributed by atoms with van der Waals surface area (Å²) < 4.78 is 0. The molecule has 4 heteroatoms. The first-order valence-electron chi connectivity index (χ1n) is 7.28. The summed E-state index contributed by atoms with van der Waals surface area (Å²) in [5, 5.41) is 3.06. The lowest BCUT2D eigenvalue weighted by Gasteiger charge is -2.23. The standard InChI is InChI=1S/C15H30N2O2/c1-6-7-11-17(12-10-16-5)14(19)9-8-13(18)15(2,3)4/h16H,6-12H2,1-5H3. The van der Waals surface area contributed by atoms with Gasteiger partial charge in [-0.15, -0.1) is 0 Å². The highest BCUT2D eigenvalue weighted by molar-refractivity contribution is 5.88. The van der Waals surface area contributed by atoms with Crippen LogP contribution in [-0.2, 0) is 9.59 Å². The smallest absolute Gasteiger partial charge is 0.223 e. The number of Topliss-reactive ketones (excluding diaryl/α,β-unsaturated/α-hetero) is 1. The first kappa shape index (κ1) is 18.1. The summed E-state index contributed by atoms with van der Waals surface area (Å²) in [7, 11) is 1.88. The Morgan fingerprint density at radius 2 is 1.74 bits per heavy atom. The molecule has 112 valence electrons. The molecule has 0 radical (unpaired) electrons. The third-order valence-corrected chi connectivity index (χ3v) is 3.17. The Morgan fingerprint density at radius 3 is 2.21 bits per heavy atom. The summed E-state index contributed by atoms with van der Waals surface area (Å²) in [6.07, 6.45) is 2.78. The molecule has 0 saturated carbocycles. The van der Waals surface area contributed by atoms with Gasteiger partial charge < -0.3 is 10.2 Å². The molecule has 0 heterocycles. The fraction of sp³-hybridized carbons (Fsp3) is 0.867. The normalized spacial score (nSPS) is 11.4. The highest BCUT2D eigenvalue weighted by Gasteiger charge is 2.22. The summed E-state index contributed by atoms with van der Waals surface area (Å²) >= 11 is 0. The van der Waals surface area contributed by atoms with Gasteiger partial charge in [0.05, 0.1) is 0 Å². The van der Waals surface area contributed by atoms with Crippen LogP contribution in [0.2, 0.25) is 0 Å². The maximum Gasteiger partial charge on any atom is 0.223 e. The van der Waals surface area contributed by atoms with Crippen molar-refractivity contribution in [2.75, 3.05) is 26.7 Å². The van der Waals surface area contributed by atoms with Crippen LogP contribution in [-0.4, -0.2) is 43.3 Å². The van der Waals surface area contributed by atoms with Gasteiger partial charge in [0.2, 0.25) is 5.91 Å². The molecule has 0 bridgehead atoms. The Bertz CT molecular complexity index is 274. The molecule has 0 aliphatic heterocycles. The number of carbonyl (C=O) groups excluding carboxylic acids is 2. The number of ketones is 1. The molecule has 19 heavy (non-hydrogen) atoms. The predicted octanol–water partition coefficient (Wildman–Crippen LogP) is 2.23. The third-order valence-electron chi connectivity index (χ3n) is 3.17. The molecule has 0 saturated heterocycles. The van der Waals surface area contributed by atoms with Gasteiger partial charge >= 0.3 is 0 Å². The summed E-state index contributed by atoms with van der Waals surface area (Å²) in [5.74, 6) is 0.256. The molecule has 0 fully saturated rings. The zero-order chi connectivity index (χ0) is 14.9. The zero-order valence-electron chi connectivity index (χ0n) is 13.2. The summed E-state index contributed by atoms with van der Waals surface area (Å²) in [5.41, 5.74) is -0.348. The number of unbranched alkanes of at least 4 members (excludes halogenated alkanes) is 1. The SMILES string of the molecule is CCCCN(CCNC)C(=O)CCC(=O)C(C)(C)C. The lowest BCUT2D eigenvalue weighted by molar-refractivity contribution is -0.134. The van der Waals surface area contributed by atoms with Gasteiger partial charge in [-0.2, -0.15) is 0 Å². The fourth-order valence-electron chi connectivity index (χ4n) is 1.71. The van der Waals surface area contributed by atoms with Crippen LogP contribution in [0.4, 0.5) is 0 Å². The van der Waals surface area contributed by atoms with Crippen molar-refractivity contribution in [1.29, 1.82) is 0 Å². The van der Waals surface area contributed by atoms with E-state index in [0.717, 1.165) is 32.5 Å². The molecule has 0 aliphatic rings. The van der Waals surface area contributed by atoms with E-state index in [2.05, 4.69) is 12.2 Å². The summed E-state index contributed by atoms with van der Waals surface area (Å²) in [6.45, 7) is 10.1. The topological polar surface area (TPSA) is 49.4 Å². The van der Waals surface area contributed by atoms with E-state index < -0.39 is 0 Å². The molecular formula is C15H30N2O2. The monoisotopic (exact) mass is 270 g/mol. The number of rotatable bonds is 9. The van der Waals surface area contributed by atoms with Crippen LogP contribution >= 0.6 is 0 Å². The number of hydrogen-bond acceptors (Lipinski definition) is 3. The van der Waals surface area contributed by atoms with Gasteiger partial charge in [0.15, 0.2) is 0 Å². The summed E-state index contributed by atoms with van der Waals surface area (Å²) in [4.78, 5) is 25.8. The number of nitrogens with zero attached hydrogens (tertiary/aromatic N) is 1. The van der Waals surface area contributed by atoms with Gasteiger partial charge in [0, 0.05) is 37.9 Å². The van der Waals surface area contributed by atoms with E-state index in [1.165, 1.54) is 0 Å². The van der Waals surface area contributed by atoms with Crippen LogP contribution in [0.3, 0.4) is 0 Å². The van der Waals surface area contributed by atoms with Gasteiger partial charge in [-0.1, -0.05) is 34.1 Å². The van der Waals surface area contributed by atoms with Crippen molar-refractivity contribution in [1.82, 2.24) is 10.2 Å². The Kier molecular flexibility index (Phi) is 8.65. The van der Waals surface area contributed by atoms with Crippen LogP contribution in [0.15, 0.2) is 0 Å². The first-order valence-corrected chi connectivity index (χ1v) is 7.28. The fourth-order valence-corrected chi connectivity index (χ4v) is 1.71. The van der Waals surface area contributed by atoms with Gasteiger partial charge in [-0.05, 0) is 13.5 Å². The average Bonchev–Trinajstić information content (AvgIpc) is 2.34. The molecule has 0 rings (SSSR count). The second kappa shape index (κ2) is 9.08. The first-order chi connectivity index (χ1) is 8.82. The van der Waals surface area contributed by atoms with Crippen LogP contribution in [0.5, 0.6) is 0 Å². The van der Waals surface area contributed by atoms with Gasteiger partial charge in [-0.25, -0.2) is 0 Å². The van der Waals surface area contributed by atoms with Crippen molar-refractivity contribution in [3.8, 4) is 0 Å². The second-order valence-corrected chi connectivity index (χ2v) is 6.01.